The molecule has 0 aliphatic rings. The molecule has 0 radical (unpaired) electrons. The Morgan fingerprint density at radius 2 is 2.07 bits per heavy atom. The maximum absolute atomic E-state index is 12.2. The smallest absolute Gasteiger partial charge is 0.234 e. The normalized spacial score (nSPS) is 10.8. The van der Waals surface area contributed by atoms with Crippen LogP contribution in [0, 0.1) is 0 Å². The molecule has 3 rings (SSSR count). The Labute approximate surface area is 174 Å². The van der Waals surface area contributed by atoms with Crippen LogP contribution in [0.2, 0.25) is 5.02 Å². The molecule has 0 bridgehead atoms. The third-order valence-corrected chi connectivity index (χ3v) is 5.91. The Morgan fingerprint density at radius 3 is 2.78 bits per heavy atom. The van der Waals surface area contributed by atoms with Gasteiger partial charge in [0.1, 0.15) is 5.75 Å². The molecule has 9 heteroatoms. The molecule has 3 aromatic rings. The minimum absolute atomic E-state index is 0.140. The number of aromatic hydroxyl groups is 1. The SMILES string of the molecule is CCn1c(SCC(=O)Nc2ccc(Br)c(Cl)c2)nnc1-c1ccccc1O. The van der Waals surface area contributed by atoms with E-state index in [0.29, 0.717) is 33.8 Å². The second kappa shape index (κ2) is 8.77. The average Bonchev–Trinajstić information content (AvgIpc) is 3.06. The number of amides is 1. The van der Waals surface area contributed by atoms with Crippen molar-refractivity contribution in [3.63, 3.8) is 0 Å². The molecule has 1 heterocycles. The summed E-state index contributed by atoms with van der Waals surface area (Å²) in [4.78, 5) is 12.2. The molecule has 0 saturated carbocycles. The summed E-state index contributed by atoms with van der Waals surface area (Å²) in [5, 5.41) is 22.3. The van der Waals surface area contributed by atoms with Crippen LogP contribution < -0.4 is 5.32 Å². The summed E-state index contributed by atoms with van der Waals surface area (Å²) >= 11 is 10.6. The Balaban J connectivity index is 1.70. The van der Waals surface area contributed by atoms with Gasteiger partial charge < -0.3 is 15.0 Å². The number of carbonyl (C=O) groups is 1. The number of rotatable bonds is 6. The van der Waals surface area contributed by atoms with E-state index in [1.807, 2.05) is 17.6 Å². The van der Waals surface area contributed by atoms with Crippen LogP contribution in [-0.4, -0.2) is 31.5 Å². The summed E-state index contributed by atoms with van der Waals surface area (Å²) in [5.74, 6) is 0.708. The predicted molar refractivity (Wildman–Crippen MR) is 111 cm³/mol. The van der Waals surface area contributed by atoms with Gasteiger partial charge in [0.25, 0.3) is 0 Å². The van der Waals surface area contributed by atoms with Crippen molar-refractivity contribution in [2.45, 2.75) is 18.6 Å². The molecule has 6 nitrogen and oxygen atoms in total. The van der Waals surface area contributed by atoms with Crippen molar-refractivity contribution in [1.82, 2.24) is 14.8 Å². The highest BCUT2D eigenvalue weighted by Crippen LogP contribution is 2.30. The van der Waals surface area contributed by atoms with E-state index in [9.17, 15) is 9.90 Å². The van der Waals surface area contributed by atoms with Crippen LogP contribution >= 0.6 is 39.3 Å². The second-order valence-electron chi connectivity index (χ2n) is 5.53. The summed E-state index contributed by atoms with van der Waals surface area (Å²) in [6, 6.07) is 12.2. The number of para-hydroxylation sites is 1. The largest absolute Gasteiger partial charge is 0.507 e. The maximum atomic E-state index is 12.2. The van der Waals surface area contributed by atoms with Gasteiger partial charge in [-0.1, -0.05) is 35.5 Å². The van der Waals surface area contributed by atoms with Crippen LogP contribution in [0.15, 0.2) is 52.1 Å². The zero-order chi connectivity index (χ0) is 19.4. The lowest BCUT2D eigenvalue weighted by molar-refractivity contribution is -0.113. The topological polar surface area (TPSA) is 80.0 Å². The van der Waals surface area contributed by atoms with Crippen molar-refractivity contribution in [1.29, 1.82) is 0 Å². The first-order valence-corrected chi connectivity index (χ1v) is 10.2. The summed E-state index contributed by atoms with van der Waals surface area (Å²) in [5.41, 5.74) is 1.23. The van der Waals surface area contributed by atoms with Gasteiger partial charge in [0.15, 0.2) is 11.0 Å². The van der Waals surface area contributed by atoms with Crippen molar-refractivity contribution in [3.8, 4) is 17.1 Å². The average molecular weight is 468 g/mol. The second-order valence-corrected chi connectivity index (χ2v) is 7.74. The predicted octanol–water partition coefficient (Wildman–Crippen LogP) is 4.82. The summed E-state index contributed by atoms with van der Waals surface area (Å²) in [6.45, 7) is 2.57. The number of carbonyl (C=O) groups excluding carboxylic acids is 1. The van der Waals surface area contributed by atoms with Crippen LogP contribution in [0.3, 0.4) is 0 Å². The van der Waals surface area contributed by atoms with E-state index in [0.717, 1.165) is 4.47 Å². The van der Waals surface area contributed by atoms with Crippen molar-refractivity contribution >= 4 is 50.9 Å². The van der Waals surface area contributed by atoms with E-state index in [1.54, 1.807) is 36.4 Å². The van der Waals surface area contributed by atoms with Crippen LogP contribution in [0.25, 0.3) is 11.4 Å². The van der Waals surface area contributed by atoms with E-state index in [1.165, 1.54) is 11.8 Å². The molecule has 0 unspecified atom stereocenters. The van der Waals surface area contributed by atoms with Gasteiger partial charge in [-0.2, -0.15) is 0 Å². The number of anilines is 1. The van der Waals surface area contributed by atoms with Gasteiger partial charge in [-0.05, 0) is 53.2 Å². The number of hydrogen-bond acceptors (Lipinski definition) is 5. The minimum Gasteiger partial charge on any atom is -0.507 e. The zero-order valence-corrected chi connectivity index (χ0v) is 17.5. The van der Waals surface area contributed by atoms with Gasteiger partial charge in [-0.25, -0.2) is 0 Å². The number of nitrogens with zero attached hydrogens (tertiary/aromatic N) is 3. The van der Waals surface area contributed by atoms with Crippen molar-refractivity contribution in [3.05, 3.63) is 52.0 Å². The molecular formula is C18H16BrClN4O2S. The monoisotopic (exact) mass is 466 g/mol. The third kappa shape index (κ3) is 4.63. The fourth-order valence-corrected chi connectivity index (χ4v) is 3.67. The number of halogens is 2. The molecule has 27 heavy (non-hydrogen) atoms. The molecule has 0 aliphatic carbocycles. The molecule has 2 N–H and O–H groups in total. The standard InChI is InChI=1S/C18H16BrClN4O2S/c1-2-24-17(12-5-3-4-6-15(12)25)22-23-18(24)27-10-16(26)21-11-7-8-13(19)14(20)9-11/h3-9,25H,2,10H2,1H3,(H,21,26). The molecule has 0 aliphatic heterocycles. The summed E-state index contributed by atoms with van der Waals surface area (Å²) < 4.78 is 2.63. The highest BCUT2D eigenvalue weighted by Gasteiger charge is 2.16. The third-order valence-electron chi connectivity index (χ3n) is 3.71. The molecule has 1 aromatic heterocycles. The fraction of sp³-hybridized carbons (Fsp3) is 0.167. The number of aromatic nitrogens is 3. The minimum atomic E-state index is -0.173. The highest BCUT2D eigenvalue weighted by atomic mass is 79.9. The lowest BCUT2D eigenvalue weighted by atomic mass is 10.2. The number of thioether (sulfide) groups is 1. The summed E-state index contributed by atoms with van der Waals surface area (Å²) in [7, 11) is 0. The van der Waals surface area contributed by atoms with Gasteiger partial charge in [-0.15, -0.1) is 10.2 Å². The number of phenols is 1. The molecule has 1 amide bonds. The quantitative estimate of drug-likeness (QED) is 0.508. The lowest BCUT2D eigenvalue weighted by Crippen LogP contribution is -2.14. The highest BCUT2D eigenvalue weighted by molar-refractivity contribution is 9.10. The lowest BCUT2D eigenvalue weighted by Gasteiger charge is -2.09. The molecule has 0 atom stereocenters. The first-order chi connectivity index (χ1) is 13.0. The van der Waals surface area contributed by atoms with Gasteiger partial charge in [-0.3, -0.25) is 4.79 Å². The van der Waals surface area contributed by atoms with Crippen molar-refractivity contribution in [2.24, 2.45) is 0 Å². The summed E-state index contributed by atoms with van der Waals surface area (Å²) in [6.07, 6.45) is 0. The molecule has 140 valence electrons. The van der Waals surface area contributed by atoms with E-state index >= 15 is 0 Å². The number of nitrogens with one attached hydrogen (secondary N) is 1. The Bertz CT molecular complexity index is 980. The Hall–Kier alpha value is -2.03. The number of phenolic OH excluding ortho intramolecular Hbond substituents is 1. The first-order valence-electron chi connectivity index (χ1n) is 8.09. The Morgan fingerprint density at radius 1 is 1.30 bits per heavy atom. The van der Waals surface area contributed by atoms with E-state index in [2.05, 4.69) is 31.4 Å². The molecule has 0 fully saturated rings. The first kappa shape index (κ1) is 19.7. The maximum Gasteiger partial charge on any atom is 0.234 e. The van der Waals surface area contributed by atoms with Crippen LogP contribution in [0.4, 0.5) is 5.69 Å². The van der Waals surface area contributed by atoms with Gasteiger partial charge in [0, 0.05) is 16.7 Å². The van der Waals surface area contributed by atoms with Crippen LogP contribution in [0.1, 0.15) is 6.92 Å². The van der Waals surface area contributed by atoms with E-state index in [-0.39, 0.29) is 17.4 Å². The van der Waals surface area contributed by atoms with Crippen molar-refractivity contribution < 1.29 is 9.90 Å². The van der Waals surface area contributed by atoms with Crippen LogP contribution in [0.5, 0.6) is 5.75 Å². The number of benzene rings is 2. The molecular weight excluding hydrogens is 452 g/mol. The van der Waals surface area contributed by atoms with E-state index in [4.69, 9.17) is 11.6 Å². The number of hydrogen-bond donors (Lipinski definition) is 2. The molecule has 0 saturated heterocycles. The fourth-order valence-electron chi connectivity index (χ4n) is 2.44. The Kier molecular flexibility index (Phi) is 6.41. The van der Waals surface area contributed by atoms with Gasteiger partial charge >= 0.3 is 0 Å². The van der Waals surface area contributed by atoms with Gasteiger partial charge in [0.2, 0.25) is 5.91 Å². The van der Waals surface area contributed by atoms with Crippen molar-refractivity contribution in [2.75, 3.05) is 11.1 Å². The molecule has 2 aromatic carbocycles. The van der Waals surface area contributed by atoms with Gasteiger partial charge in [0.05, 0.1) is 16.3 Å². The zero-order valence-electron chi connectivity index (χ0n) is 14.3. The van der Waals surface area contributed by atoms with E-state index < -0.39 is 0 Å². The van der Waals surface area contributed by atoms with Crippen LogP contribution in [-0.2, 0) is 11.3 Å². The molecule has 0 spiro atoms.